The summed E-state index contributed by atoms with van der Waals surface area (Å²) in [4.78, 5) is 11.3. The maximum Gasteiger partial charge on any atom is 0.368 e. The van der Waals surface area contributed by atoms with Gasteiger partial charge in [0.15, 0.2) is 11.6 Å². The molecule has 15 heavy (non-hydrogen) atoms. The summed E-state index contributed by atoms with van der Waals surface area (Å²) < 4.78 is 0.507. The molecule has 0 aliphatic rings. The monoisotopic (exact) mass is 203 g/mol. The molecule has 0 atom stereocenters. The molecule has 1 N–H and O–H groups in total. The van der Waals surface area contributed by atoms with Gasteiger partial charge in [-0.2, -0.15) is 5.26 Å². The van der Waals surface area contributed by atoms with Gasteiger partial charge in [0.25, 0.3) is 0 Å². The van der Waals surface area contributed by atoms with E-state index in [0.717, 1.165) is 0 Å². The van der Waals surface area contributed by atoms with Gasteiger partial charge in [0.05, 0.1) is 0 Å². The Morgan fingerprint density at radius 3 is 2.80 bits per heavy atom. The Bertz CT molecular complexity index is 639. The molecule has 74 valence electrons. The van der Waals surface area contributed by atoms with Crippen molar-refractivity contribution >= 4 is 11.0 Å². The van der Waals surface area contributed by atoms with Crippen LogP contribution < -0.4 is 10.3 Å². The molecule has 0 fully saturated rings. The van der Waals surface area contributed by atoms with Crippen LogP contribution in [0.25, 0.3) is 11.0 Å². The molecule has 1 heterocycles. The van der Waals surface area contributed by atoms with Gasteiger partial charge in [-0.05, 0) is 6.07 Å². The van der Waals surface area contributed by atoms with E-state index in [9.17, 15) is 15.2 Å². The minimum atomic E-state index is -1.02. The third kappa shape index (κ3) is 1.10. The van der Waals surface area contributed by atoms with Crippen LogP contribution in [0, 0.1) is 16.5 Å². The van der Waals surface area contributed by atoms with Gasteiger partial charge in [-0.3, -0.25) is 4.79 Å². The zero-order valence-electron chi connectivity index (χ0n) is 7.41. The molecule has 0 aliphatic carbocycles. The zero-order valence-corrected chi connectivity index (χ0v) is 7.41. The third-order valence-corrected chi connectivity index (χ3v) is 2.03. The van der Waals surface area contributed by atoms with Crippen LogP contribution in [0.5, 0.6) is 0 Å². The minimum Gasteiger partial charge on any atom is -0.617 e. The molecule has 0 unspecified atom stereocenters. The van der Waals surface area contributed by atoms with E-state index in [-0.39, 0.29) is 15.8 Å². The summed E-state index contributed by atoms with van der Waals surface area (Å²) >= 11 is 0. The molecular weight excluding hydrogens is 198 g/mol. The number of rotatable bonds is 0. The third-order valence-electron chi connectivity index (χ3n) is 2.03. The first-order valence-electron chi connectivity index (χ1n) is 4.03. The summed E-state index contributed by atoms with van der Waals surface area (Å²) in [6.07, 6.45) is 0. The van der Waals surface area contributed by atoms with Crippen LogP contribution in [0.15, 0.2) is 29.1 Å². The van der Waals surface area contributed by atoms with Crippen molar-refractivity contribution in [1.82, 2.24) is 4.73 Å². The molecule has 0 radical (unpaired) electrons. The van der Waals surface area contributed by atoms with E-state index in [2.05, 4.69) is 0 Å². The van der Waals surface area contributed by atoms with Crippen molar-refractivity contribution in [2.24, 2.45) is 0 Å². The molecule has 2 aromatic rings. The minimum absolute atomic E-state index is 0.0659. The quantitative estimate of drug-likeness (QED) is 0.362. The van der Waals surface area contributed by atoms with E-state index in [0.29, 0.717) is 4.73 Å². The highest BCUT2D eigenvalue weighted by Crippen LogP contribution is 2.05. The lowest BCUT2D eigenvalue weighted by atomic mass is 10.3. The smallest absolute Gasteiger partial charge is 0.368 e. The number of nitriles is 1. The van der Waals surface area contributed by atoms with Gasteiger partial charge in [-0.1, -0.05) is 12.1 Å². The molecule has 6 nitrogen and oxygen atoms in total. The highest BCUT2D eigenvalue weighted by Gasteiger charge is 2.19. The molecule has 1 aromatic heterocycles. The molecule has 1 aromatic carbocycles. The maximum absolute atomic E-state index is 11.5. The van der Waals surface area contributed by atoms with E-state index in [4.69, 9.17) is 5.26 Å². The van der Waals surface area contributed by atoms with E-state index >= 15 is 0 Å². The van der Waals surface area contributed by atoms with Gasteiger partial charge in [0.2, 0.25) is 5.52 Å². The number of para-hydroxylation sites is 2. The molecule has 0 aliphatic heterocycles. The van der Waals surface area contributed by atoms with Gasteiger partial charge in [-0.25, -0.2) is 0 Å². The Labute approximate surface area is 83.4 Å². The number of fused-ring (bicyclic) bond motifs is 1. The fourth-order valence-corrected chi connectivity index (χ4v) is 1.33. The number of nitrogens with zero attached hydrogens (tertiary/aromatic N) is 3. The summed E-state index contributed by atoms with van der Waals surface area (Å²) in [6, 6.07) is 7.42. The predicted octanol–water partition coefficient (Wildman–Crippen LogP) is -0.256. The lowest BCUT2D eigenvalue weighted by Gasteiger charge is -2.04. The summed E-state index contributed by atoms with van der Waals surface area (Å²) in [5, 5.41) is 29.5. The molecule has 0 spiro atoms. The van der Waals surface area contributed by atoms with Gasteiger partial charge >= 0.3 is 11.3 Å². The van der Waals surface area contributed by atoms with Crippen molar-refractivity contribution in [1.29, 1.82) is 5.26 Å². The maximum atomic E-state index is 11.5. The molecule has 0 saturated carbocycles. The van der Waals surface area contributed by atoms with Crippen LogP contribution in [-0.2, 0) is 0 Å². The summed E-state index contributed by atoms with van der Waals surface area (Å²) in [5.41, 5.74) is -1.55. The number of hydrogen-bond donors (Lipinski definition) is 1. The SMILES string of the molecule is N#Cc1c(=O)n(O)c2ccccc2[n+]1[O-]. The van der Waals surface area contributed by atoms with E-state index < -0.39 is 11.3 Å². The Kier molecular flexibility index (Phi) is 1.80. The second-order valence-electron chi connectivity index (χ2n) is 2.86. The largest absolute Gasteiger partial charge is 0.617 e. The number of aromatic nitrogens is 2. The predicted molar refractivity (Wildman–Crippen MR) is 49.1 cm³/mol. The van der Waals surface area contributed by atoms with Crippen LogP contribution in [0.3, 0.4) is 0 Å². The molecule has 6 heteroatoms. The standard InChI is InChI=1S/C9H5N3O3/c10-5-8-9(13)12(15)7-4-2-1-3-6(7)11(8)14/h1-4,15H. The molecule has 0 saturated heterocycles. The van der Waals surface area contributed by atoms with Crippen molar-refractivity contribution in [3.8, 4) is 6.07 Å². The van der Waals surface area contributed by atoms with Crippen LogP contribution in [-0.4, -0.2) is 9.94 Å². The average molecular weight is 203 g/mol. The number of hydrogen-bond acceptors (Lipinski definition) is 4. The average Bonchev–Trinajstić information content (AvgIpc) is 2.27. The topological polar surface area (TPSA) is 93.0 Å². The summed E-state index contributed by atoms with van der Waals surface area (Å²) in [5.74, 6) is 0. The van der Waals surface area contributed by atoms with Gasteiger partial charge in [0.1, 0.15) is 0 Å². The van der Waals surface area contributed by atoms with Crippen LogP contribution in [0.4, 0.5) is 0 Å². The van der Waals surface area contributed by atoms with Crippen molar-refractivity contribution in [2.75, 3.05) is 0 Å². The van der Waals surface area contributed by atoms with Crippen molar-refractivity contribution < 1.29 is 9.94 Å². The van der Waals surface area contributed by atoms with Gasteiger partial charge < -0.3 is 10.4 Å². The zero-order chi connectivity index (χ0) is 11.0. The molecular formula is C9H5N3O3. The lowest BCUT2D eigenvalue weighted by molar-refractivity contribution is -0.581. The highest BCUT2D eigenvalue weighted by molar-refractivity contribution is 5.71. The fourth-order valence-electron chi connectivity index (χ4n) is 1.33. The summed E-state index contributed by atoms with van der Waals surface area (Å²) in [7, 11) is 0. The van der Waals surface area contributed by atoms with Crippen LogP contribution in [0.2, 0.25) is 0 Å². The summed E-state index contributed by atoms with van der Waals surface area (Å²) in [6.45, 7) is 0. The first-order chi connectivity index (χ1) is 7.16. The molecule has 0 amide bonds. The lowest BCUT2D eigenvalue weighted by Crippen LogP contribution is -2.41. The Morgan fingerprint density at radius 2 is 2.13 bits per heavy atom. The Hall–Kier alpha value is -2.55. The molecule has 0 bridgehead atoms. The first kappa shape index (κ1) is 9.02. The van der Waals surface area contributed by atoms with Crippen LogP contribution in [0.1, 0.15) is 5.69 Å². The second-order valence-corrected chi connectivity index (χ2v) is 2.86. The number of benzene rings is 1. The fraction of sp³-hybridized carbons (Fsp3) is 0. The van der Waals surface area contributed by atoms with Crippen molar-refractivity contribution in [2.45, 2.75) is 0 Å². The normalized spacial score (nSPS) is 10.1. The Balaban J connectivity index is 3.12. The molecule has 2 rings (SSSR count). The van der Waals surface area contributed by atoms with E-state index in [1.54, 1.807) is 12.1 Å². The highest BCUT2D eigenvalue weighted by atomic mass is 16.5. The van der Waals surface area contributed by atoms with Gasteiger partial charge in [0, 0.05) is 6.07 Å². The van der Waals surface area contributed by atoms with Crippen molar-refractivity contribution in [3.05, 3.63) is 45.5 Å². The first-order valence-corrected chi connectivity index (χ1v) is 4.03. The van der Waals surface area contributed by atoms with E-state index in [1.165, 1.54) is 18.2 Å². The van der Waals surface area contributed by atoms with Crippen molar-refractivity contribution in [3.63, 3.8) is 0 Å². The van der Waals surface area contributed by atoms with Crippen LogP contribution >= 0.6 is 0 Å². The van der Waals surface area contributed by atoms with E-state index in [1.807, 2.05) is 0 Å². The second kappa shape index (κ2) is 2.99. The van der Waals surface area contributed by atoms with Gasteiger partial charge in [-0.15, -0.1) is 9.46 Å². The Morgan fingerprint density at radius 1 is 1.47 bits per heavy atom.